The lowest BCUT2D eigenvalue weighted by Gasteiger charge is -2.06. The zero-order valence-corrected chi connectivity index (χ0v) is 14.5. The normalized spacial score (nSPS) is 11.3. The molecule has 6 nitrogen and oxygen atoms in total. The fraction of sp³-hybridized carbons (Fsp3) is 0.167. The summed E-state index contributed by atoms with van der Waals surface area (Å²) >= 11 is 1.51. The number of hydrogen-bond donors (Lipinski definition) is 0. The molecule has 0 aliphatic carbocycles. The number of thiazole rings is 1. The van der Waals surface area contributed by atoms with Crippen LogP contribution in [0.2, 0.25) is 0 Å². The van der Waals surface area contributed by atoms with Crippen molar-refractivity contribution in [2.45, 2.75) is 20.4 Å². The Hall–Kier alpha value is -2.93. The van der Waals surface area contributed by atoms with E-state index in [-0.39, 0.29) is 12.3 Å². The molecule has 0 atom stereocenters. The van der Waals surface area contributed by atoms with Crippen LogP contribution in [0.3, 0.4) is 0 Å². The van der Waals surface area contributed by atoms with Crippen LogP contribution < -0.4 is 5.76 Å². The third-order valence-corrected chi connectivity index (χ3v) is 4.97. The first-order valence-electron chi connectivity index (χ1n) is 7.76. The molecule has 4 rings (SSSR count). The second-order valence-electron chi connectivity index (χ2n) is 5.78. The van der Waals surface area contributed by atoms with Gasteiger partial charge in [0.1, 0.15) is 0 Å². The van der Waals surface area contributed by atoms with Crippen molar-refractivity contribution < 1.29 is 9.21 Å². The van der Waals surface area contributed by atoms with E-state index >= 15 is 0 Å². The molecule has 126 valence electrons. The molecule has 0 saturated carbocycles. The minimum Gasteiger partial charge on any atom is -0.408 e. The molecule has 0 bridgehead atoms. The van der Waals surface area contributed by atoms with Crippen LogP contribution in [0.1, 0.15) is 21.7 Å². The van der Waals surface area contributed by atoms with Crippen LogP contribution in [0, 0.1) is 13.8 Å². The Kier molecular flexibility index (Phi) is 3.65. The van der Waals surface area contributed by atoms with E-state index in [0.29, 0.717) is 16.7 Å². The van der Waals surface area contributed by atoms with E-state index in [1.54, 1.807) is 24.4 Å². The van der Waals surface area contributed by atoms with Crippen molar-refractivity contribution in [2.24, 2.45) is 0 Å². The number of benzene rings is 1. The van der Waals surface area contributed by atoms with Crippen molar-refractivity contribution in [3.8, 4) is 5.13 Å². The first-order chi connectivity index (χ1) is 12.1. The molecule has 3 aromatic heterocycles. The highest BCUT2D eigenvalue weighted by molar-refractivity contribution is 7.12. The Bertz CT molecular complexity index is 1130. The van der Waals surface area contributed by atoms with Gasteiger partial charge in [-0.3, -0.25) is 13.9 Å². The molecule has 0 amide bonds. The predicted molar refractivity (Wildman–Crippen MR) is 95.7 cm³/mol. The summed E-state index contributed by atoms with van der Waals surface area (Å²) in [5, 5.41) is 2.72. The van der Waals surface area contributed by atoms with Crippen molar-refractivity contribution >= 4 is 28.2 Å². The molecule has 3 heterocycles. The maximum Gasteiger partial charge on any atom is 0.420 e. The van der Waals surface area contributed by atoms with Crippen molar-refractivity contribution in [1.29, 1.82) is 0 Å². The molecule has 0 aliphatic rings. The average Bonchev–Trinajstić information content (AvgIpc) is 3.27. The third-order valence-electron chi connectivity index (χ3n) is 4.22. The molecule has 0 unspecified atom stereocenters. The Morgan fingerprint density at radius 2 is 2.08 bits per heavy atom. The van der Waals surface area contributed by atoms with Gasteiger partial charge in [0, 0.05) is 28.5 Å². The van der Waals surface area contributed by atoms with Crippen LogP contribution in [0.25, 0.3) is 16.2 Å². The van der Waals surface area contributed by atoms with E-state index in [9.17, 15) is 9.59 Å². The molecule has 0 radical (unpaired) electrons. The van der Waals surface area contributed by atoms with Gasteiger partial charge >= 0.3 is 5.76 Å². The largest absolute Gasteiger partial charge is 0.420 e. The summed E-state index contributed by atoms with van der Waals surface area (Å²) in [5.74, 6) is -0.659. The van der Waals surface area contributed by atoms with E-state index in [0.717, 1.165) is 16.5 Å². The zero-order valence-electron chi connectivity index (χ0n) is 13.7. The molecule has 0 aliphatic heterocycles. The number of rotatable bonds is 4. The molecule has 0 spiro atoms. The van der Waals surface area contributed by atoms with Crippen molar-refractivity contribution in [3.63, 3.8) is 0 Å². The van der Waals surface area contributed by atoms with E-state index in [4.69, 9.17) is 4.42 Å². The van der Waals surface area contributed by atoms with Crippen LogP contribution in [0.5, 0.6) is 0 Å². The number of oxazole rings is 1. The van der Waals surface area contributed by atoms with Gasteiger partial charge in [0.2, 0.25) is 0 Å². The second-order valence-corrected chi connectivity index (χ2v) is 6.65. The number of aromatic nitrogens is 3. The van der Waals surface area contributed by atoms with Gasteiger partial charge in [-0.1, -0.05) is 12.1 Å². The second kappa shape index (κ2) is 5.86. The zero-order chi connectivity index (χ0) is 17.6. The van der Waals surface area contributed by atoms with Crippen LogP contribution in [-0.2, 0) is 6.54 Å². The van der Waals surface area contributed by atoms with Crippen LogP contribution in [0.4, 0.5) is 0 Å². The smallest absolute Gasteiger partial charge is 0.408 e. The Morgan fingerprint density at radius 3 is 2.84 bits per heavy atom. The van der Waals surface area contributed by atoms with Gasteiger partial charge < -0.3 is 4.42 Å². The summed E-state index contributed by atoms with van der Waals surface area (Å²) in [6, 6.07) is 8.93. The topological polar surface area (TPSA) is 70.0 Å². The first-order valence-corrected chi connectivity index (χ1v) is 8.64. The summed E-state index contributed by atoms with van der Waals surface area (Å²) in [5.41, 5.74) is 3.44. The van der Waals surface area contributed by atoms with E-state index in [2.05, 4.69) is 4.98 Å². The Morgan fingerprint density at radius 1 is 1.28 bits per heavy atom. The minimum atomic E-state index is -0.525. The maximum atomic E-state index is 12.8. The van der Waals surface area contributed by atoms with Gasteiger partial charge in [0.05, 0.1) is 12.1 Å². The number of para-hydroxylation sites is 2. The molecule has 0 N–H and O–H groups in total. The van der Waals surface area contributed by atoms with Crippen molar-refractivity contribution in [2.75, 3.05) is 0 Å². The van der Waals surface area contributed by atoms with Crippen molar-refractivity contribution in [1.82, 2.24) is 14.1 Å². The quantitative estimate of drug-likeness (QED) is 0.528. The van der Waals surface area contributed by atoms with Crippen LogP contribution in [0.15, 0.2) is 51.1 Å². The van der Waals surface area contributed by atoms with Gasteiger partial charge in [-0.2, -0.15) is 0 Å². The highest BCUT2D eigenvalue weighted by Gasteiger charge is 2.20. The summed E-state index contributed by atoms with van der Waals surface area (Å²) in [6.07, 6.45) is 1.73. The van der Waals surface area contributed by atoms with E-state index < -0.39 is 5.76 Å². The monoisotopic (exact) mass is 353 g/mol. The Labute approximate surface area is 147 Å². The number of aryl methyl sites for hydroxylation is 1. The predicted octanol–water partition coefficient (Wildman–Crippen LogP) is 3.34. The van der Waals surface area contributed by atoms with E-state index in [1.807, 2.05) is 35.9 Å². The van der Waals surface area contributed by atoms with Gasteiger partial charge in [-0.05, 0) is 32.0 Å². The molecular weight excluding hydrogens is 338 g/mol. The lowest BCUT2D eigenvalue weighted by molar-refractivity contribution is 0.0970. The fourth-order valence-electron chi connectivity index (χ4n) is 3.06. The number of carbonyl (C=O) groups excluding carboxylic acids is 1. The SMILES string of the molecule is Cc1cc(C(=O)Cn2c(=O)oc3ccccc32)c(C)n1-c1nccs1. The maximum absolute atomic E-state index is 12.8. The standard InChI is InChI=1S/C18H15N3O3S/c1-11-9-13(12(2)21(11)17-19-7-8-25-17)15(22)10-20-14-5-3-4-6-16(14)24-18(20)23/h3-9H,10H2,1-2H3. The first kappa shape index (κ1) is 15.6. The average molecular weight is 353 g/mol. The molecule has 1 aromatic carbocycles. The number of ketones is 1. The van der Waals surface area contributed by atoms with Gasteiger partial charge in [-0.25, -0.2) is 9.78 Å². The Balaban J connectivity index is 1.74. The van der Waals surface area contributed by atoms with E-state index in [1.165, 1.54) is 15.9 Å². The highest BCUT2D eigenvalue weighted by Crippen LogP contribution is 2.23. The summed E-state index contributed by atoms with van der Waals surface area (Å²) in [7, 11) is 0. The fourth-order valence-corrected chi connectivity index (χ4v) is 3.81. The number of fused-ring (bicyclic) bond motifs is 1. The highest BCUT2D eigenvalue weighted by atomic mass is 32.1. The lowest BCUT2D eigenvalue weighted by atomic mass is 10.1. The van der Waals surface area contributed by atoms with Crippen LogP contribution >= 0.6 is 11.3 Å². The van der Waals surface area contributed by atoms with Gasteiger partial charge in [0.15, 0.2) is 16.5 Å². The summed E-state index contributed by atoms with van der Waals surface area (Å²) in [6.45, 7) is 3.76. The van der Waals surface area contributed by atoms with Crippen LogP contribution in [-0.4, -0.2) is 19.9 Å². The molecule has 0 saturated heterocycles. The number of Topliss-reactive ketones (excluding diaryl/α,β-unsaturated/α-hetero) is 1. The molecule has 25 heavy (non-hydrogen) atoms. The summed E-state index contributed by atoms with van der Waals surface area (Å²) < 4.78 is 8.52. The number of hydrogen-bond acceptors (Lipinski definition) is 5. The summed E-state index contributed by atoms with van der Waals surface area (Å²) in [4.78, 5) is 29.2. The number of carbonyl (C=O) groups is 1. The molecule has 0 fully saturated rings. The molecule has 7 heteroatoms. The van der Waals surface area contributed by atoms with Gasteiger partial charge in [-0.15, -0.1) is 11.3 Å². The lowest BCUT2D eigenvalue weighted by Crippen LogP contribution is -2.20. The van der Waals surface area contributed by atoms with Gasteiger partial charge in [0.25, 0.3) is 0 Å². The van der Waals surface area contributed by atoms with Crippen molar-refractivity contribution in [3.05, 3.63) is 69.4 Å². The molecule has 4 aromatic rings. The number of nitrogens with zero attached hydrogens (tertiary/aromatic N) is 3. The minimum absolute atomic E-state index is 0.0575. The third kappa shape index (κ3) is 2.53. The molecular formula is C18H15N3O3S.